The van der Waals surface area contributed by atoms with Crippen LogP contribution in [0.2, 0.25) is 5.02 Å². The summed E-state index contributed by atoms with van der Waals surface area (Å²) in [6.07, 6.45) is 5.87. The van der Waals surface area contributed by atoms with Gasteiger partial charge in [-0.25, -0.2) is 32.5 Å². The molecule has 11 rings (SSSR count). The molecule has 5 aromatic heterocycles. The first-order valence-electron chi connectivity index (χ1n) is 21.7. The number of aromatic nitrogens is 5. The van der Waals surface area contributed by atoms with E-state index in [1.807, 2.05) is 86.6 Å². The van der Waals surface area contributed by atoms with Gasteiger partial charge >= 0.3 is 0 Å². The van der Waals surface area contributed by atoms with Crippen LogP contribution in [0, 0.1) is 37.1 Å². The third-order valence-electron chi connectivity index (χ3n) is 12.5. The number of morpholine rings is 2. The van der Waals surface area contributed by atoms with E-state index >= 15 is 4.39 Å². The van der Waals surface area contributed by atoms with E-state index in [9.17, 15) is 13.2 Å². The fraction of sp³-hybridized carbons (Fsp3) is 0.235. The number of anilines is 4. The summed E-state index contributed by atoms with van der Waals surface area (Å²) in [6, 6.07) is 22.4. The minimum Gasteiger partial charge on any atom is -0.378 e. The van der Waals surface area contributed by atoms with Crippen molar-refractivity contribution in [1.29, 1.82) is 0 Å². The maximum atomic E-state index is 15.6. The van der Waals surface area contributed by atoms with Crippen LogP contribution in [-0.4, -0.2) is 76.7 Å². The average Bonchev–Trinajstić information content (AvgIpc) is 3.89. The number of halogens is 5. The molecule has 2 saturated heterocycles. The molecule has 0 bridgehead atoms. The van der Waals surface area contributed by atoms with Gasteiger partial charge in [0, 0.05) is 110 Å². The van der Waals surface area contributed by atoms with Crippen molar-refractivity contribution in [3.05, 3.63) is 137 Å². The number of benzene rings is 4. The van der Waals surface area contributed by atoms with E-state index in [1.165, 1.54) is 12.1 Å². The summed E-state index contributed by atoms with van der Waals surface area (Å²) < 4.78 is 72.9. The van der Waals surface area contributed by atoms with Crippen LogP contribution in [0.3, 0.4) is 0 Å². The van der Waals surface area contributed by atoms with Crippen LogP contribution in [0.4, 0.5) is 40.4 Å². The fourth-order valence-corrected chi connectivity index (χ4v) is 9.31. The van der Waals surface area contributed by atoms with E-state index in [4.69, 9.17) is 31.0 Å². The average molecular weight is 913 g/mol. The van der Waals surface area contributed by atoms with Crippen molar-refractivity contribution in [2.75, 3.05) is 67.7 Å². The molecule has 0 aliphatic carbocycles. The van der Waals surface area contributed by atoms with Crippen molar-refractivity contribution >= 4 is 78.1 Å². The van der Waals surface area contributed by atoms with Crippen molar-refractivity contribution < 1.29 is 27.0 Å². The first kappa shape index (κ1) is 43.2. The Morgan fingerprint density at radius 2 is 1.12 bits per heavy atom. The molecule has 1 N–H and O–H groups in total. The molecule has 15 heteroatoms. The van der Waals surface area contributed by atoms with Crippen LogP contribution in [0.5, 0.6) is 0 Å². The Labute approximate surface area is 383 Å². The zero-order valence-corrected chi connectivity index (χ0v) is 37.5. The zero-order valence-electron chi connectivity index (χ0n) is 36.7. The summed E-state index contributed by atoms with van der Waals surface area (Å²) in [6.45, 7) is 9.12. The standard InChI is InChI=1S/C32H32F2N6O2.C19H13ClF2N2/c1-20-30(22-3-4-28-21(15-22)5-6-38(28)2)36-26-17-23(33)16-25(34)29(26)31(20)37-27-18-24(39-7-11-41-12-8-39)19-35-32(27)40-9-13-42-14-10-40;1-10-18(20)17-14(22)8-13(21)9-15(17)23-19(10)12-3-4-16-11(7-12)5-6-24(16)2/h3-6,15-19H,7-14H2,1-2H3,(H,36,37);3-9H,1-2H3. The van der Waals surface area contributed by atoms with Gasteiger partial charge in [0.15, 0.2) is 5.82 Å². The summed E-state index contributed by atoms with van der Waals surface area (Å²) in [4.78, 5) is 18.6. The summed E-state index contributed by atoms with van der Waals surface area (Å²) in [5, 5.41) is 6.35. The van der Waals surface area contributed by atoms with Crippen LogP contribution >= 0.6 is 11.6 Å². The van der Waals surface area contributed by atoms with E-state index < -0.39 is 23.3 Å². The molecule has 9 aromatic rings. The fourth-order valence-electron chi connectivity index (χ4n) is 9.04. The van der Waals surface area contributed by atoms with E-state index in [0.717, 1.165) is 80.9 Å². The summed E-state index contributed by atoms with van der Waals surface area (Å²) >= 11 is 6.35. The molecule has 0 radical (unpaired) electrons. The topological polar surface area (TPSA) is 85.5 Å². The summed E-state index contributed by atoms with van der Waals surface area (Å²) in [5.41, 5.74) is 9.33. The monoisotopic (exact) mass is 912 g/mol. The number of hydrogen-bond acceptors (Lipinski definition) is 8. The van der Waals surface area contributed by atoms with Crippen molar-refractivity contribution in [2.45, 2.75) is 13.8 Å². The highest BCUT2D eigenvalue weighted by Crippen LogP contribution is 2.41. The second-order valence-electron chi connectivity index (χ2n) is 16.7. The molecule has 0 unspecified atom stereocenters. The van der Waals surface area contributed by atoms with Crippen LogP contribution in [0.25, 0.3) is 66.1 Å². The Bertz CT molecular complexity index is 3340. The normalized spacial score (nSPS) is 14.4. The minimum absolute atomic E-state index is 0.153. The number of pyridine rings is 3. The van der Waals surface area contributed by atoms with Gasteiger partial charge in [0.1, 0.15) is 23.3 Å². The molecule has 0 atom stereocenters. The molecule has 2 aliphatic rings. The zero-order chi connectivity index (χ0) is 45.8. The largest absolute Gasteiger partial charge is 0.378 e. The summed E-state index contributed by atoms with van der Waals surface area (Å²) in [5.74, 6) is -1.95. The molecule has 10 nitrogen and oxygen atoms in total. The highest BCUT2D eigenvalue weighted by Gasteiger charge is 2.24. The molecular weight excluding hydrogens is 868 g/mol. The van der Waals surface area contributed by atoms with Crippen molar-refractivity contribution in [3.63, 3.8) is 0 Å². The van der Waals surface area contributed by atoms with E-state index in [1.54, 1.807) is 6.92 Å². The van der Waals surface area contributed by atoms with Crippen LogP contribution in [0.15, 0.2) is 97.5 Å². The predicted octanol–water partition coefficient (Wildman–Crippen LogP) is 11.4. The third kappa shape index (κ3) is 8.03. The van der Waals surface area contributed by atoms with Gasteiger partial charge in [-0.15, -0.1) is 0 Å². The SMILES string of the molecule is Cc1c(-c2ccc3c(ccn3C)c2)nc2cc(F)cc(F)c2c1Cl.Cc1c(-c2ccc3c(ccn3C)c2)nc2cc(F)cc(F)c2c1Nc1cc(N2CCOCC2)cnc1N1CCOCC1. The molecule has 2 fully saturated rings. The van der Waals surface area contributed by atoms with Gasteiger partial charge in [0.25, 0.3) is 0 Å². The Kier molecular flexibility index (Phi) is 11.5. The Hall–Kier alpha value is -6.74. The van der Waals surface area contributed by atoms with Gasteiger partial charge in [-0.2, -0.15) is 0 Å². The molecular formula is C51H45ClF4N8O2. The molecule has 2 aliphatic heterocycles. The van der Waals surface area contributed by atoms with Crippen LogP contribution in [0.1, 0.15) is 11.1 Å². The van der Waals surface area contributed by atoms with Gasteiger partial charge < -0.3 is 33.7 Å². The smallest absolute Gasteiger partial charge is 0.152 e. The molecule has 0 saturated carbocycles. The Morgan fingerprint density at radius 3 is 1.70 bits per heavy atom. The highest BCUT2D eigenvalue weighted by atomic mass is 35.5. The number of nitrogens with zero attached hydrogens (tertiary/aromatic N) is 7. The molecule has 7 heterocycles. The minimum atomic E-state index is -0.698. The number of nitrogens with one attached hydrogen (secondary N) is 1. The first-order chi connectivity index (χ1) is 31.9. The molecule has 4 aromatic carbocycles. The van der Waals surface area contributed by atoms with E-state index in [-0.39, 0.29) is 26.8 Å². The van der Waals surface area contributed by atoms with E-state index in [2.05, 4.69) is 36.8 Å². The van der Waals surface area contributed by atoms with E-state index in [0.29, 0.717) is 62.2 Å². The van der Waals surface area contributed by atoms with Crippen molar-refractivity contribution in [3.8, 4) is 22.5 Å². The maximum Gasteiger partial charge on any atom is 0.152 e. The molecule has 0 spiro atoms. The lowest BCUT2D eigenvalue weighted by molar-refractivity contribution is 0.122. The van der Waals surface area contributed by atoms with Gasteiger partial charge in [-0.3, -0.25) is 0 Å². The van der Waals surface area contributed by atoms with Crippen molar-refractivity contribution in [1.82, 2.24) is 24.1 Å². The molecule has 336 valence electrons. The first-order valence-corrected chi connectivity index (χ1v) is 22.1. The van der Waals surface area contributed by atoms with Crippen LogP contribution in [-0.2, 0) is 23.6 Å². The number of hydrogen-bond donors (Lipinski definition) is 1. The second-order valence-corrected chi connectivity index (χ2v) is 17.1. The van der Waals surface area contributed by atoms with Gasteiger partial charge in [-0.05, 0) is 67.4 Å². The Morgan fingerprint density at radius 1 is 0.606 bits per heavy atom. The number of aryl methyl sites for hydroxylation is 2. The number of rotatable bonds is 6. The van der Waals surface area contributed by atoms with Crippen molar-refractivity contribution in [2.24, 2.45) is 14.1 Å². The lowest BCUT2D eigenvalue weighted by Gasteiger charge is -2.32. The number of ether oxygens (including phenoxy) is 2. The summed E-state index contributed by atoms with van der Waals surface area (Å²) in [7, 11) is 3.98. The Balaban J connectivity index is 0.000000180. The van der Waals surface area contributed by atoms with Gasteiger partial charge in [0.05, 0.1) is 87.9 Å². The molecule has 0 amide bonds. The lowest BCUT2D eigenvalue weighted by atomic mass is 10.00. The lowest BCUT2D eigenvalue weighted by Crippen LogP contribution is -2.38. The maximum absolute atomic E-state index is 15.6. The predicted molar refractivity (Wildman–Crippen MR) is 255 cm³/mol. The molecule has 66 heavy (non-hydrogen) atoms. The second kappa shape index (κ2) is 17.6. The number of fused-ring (bicyclic) bond motifs is 4. The highest BCUT2D eigenvalue weighted by molar-refractivity contribution is 6.36. The van der Waals surface area contributed by atoms with Crippen LogP contribution < -0.4 is 15.1 Å². The van der Waals surface area contributed by atoms with Gasteiger partial charge in [-0.1, -0.05) is 23.7 Å². The van der Waals surface area contributed by atoms with Gasteiger partial charge in [0.2, 0.25) is 0 Å². The quantitative estimate of drug-likeness (QED) is 0.165. The third-order valence-corrected chi connectivity index (χ3v) is 13.0.